The maximum absolute atomic E-state index is 11.9. The molecule has 1 amide bonds. The van der Waals surface area contributed by atoms with Gasteiger partial charge in [0.05, 0.1) is 13.2 Å². The van der Waals surface area contributed by atoms with E-state index >= 15 is 0 Å². The van der Waals surface area contributed by atoms with Crippen molar-refractivity contribution in [1.82, 2.24) is 4.90 Å². The average molecular weight is 275 g/mol. The molecule has 108 valence electrons. The molecule has 5 heteroatoms. The van der Waals surface area contributed by atoms with Crippen molar-refractivity contribution in [3.05, 3.63) is 24.3 Å². The highest BCUT2D eigenvalue weighted by atomic mass is 16.5. The Bertz CT molecular complexity index is 469. The number of likely N-dealkylation sites (N-methyl/N-ethyl adjacent to an activating group) is 1. The van der Waals surface area contributed by atoms with Crippen molar-refractivity contribution in [2.75, 3.05) is 50.1 Å². The standard InChI is InChI=1S/C15H21N3O2/c1-17-7-6-14(15(17)19)16-12-2-4-13(5-3-12)18-8-10-20-11-9-18/h2-5,14,16H,6-11H2,1H3. The quantitative estimate of drug-likeness (QED) is 0.899. The molecule has 2 saturated heterocycles. The molecular weight excluding hydrogens is 254 g/mol. The van der Waals surface area contributed by atoms with E-state index in [2.05, 4.69) is 34.5 Å². The molecule has 2 heterocycles. The summed E-state index contributed by atoms with van der Waals surface area (Å²) in [5.74, 6) is 0.183. The van der Waals surface area contributed by atoms with Crippen LogP contribution in [-0.4, -0.2) is 56.7 Å². The molecule has 1 unspecified atom stereocenters. The van der Waals surface area contributed by atoms with Crippen molar-refractivity contribution < 1.29 is 9.53 Å². The molecule has 0 saturated carbocycles. The minimum absolute atomic E-state index is 0.0748. The Morgan fingerprint density at radius 3 is 2.45 bits per heavy atom. The lowest BCUT2D eigenvalue weighted by molar-refractivity contribution is -0.127. The minimum Gasteiger partial charge on any atom is -0.378 e. The fourth-order valence-corrected chi connectivity index (χ4v) is 2.75. The van der Waals surface area contributed by atoms with Gasteiger partial charge >= 0.3 is 0 Å². The number of nitrogens with one attached hydrogen (secondary N) is 1. The summed E-state index contributed by atoms with van der Waals surface area (Å²) >= 11 is 0. The zero-order chi connectivity index (χ0) is 13.9. The van der Waals surface area contributed by atoms with Gasteiger partial charge in [-0.15, -0.1) is 0 Å². The Morgan fingerprint density at radius 2 is 1.85 bits per heavy atom. The number of hydrogen-bond acceptors (Lipinski definition) is 4. The lowest BCUT2D eigenvalue weighted by Crippen LogP contribution is -2.36. The zero-order valence-corrected chi connectivity index (χ0v) is 11.8. The highest BCUT2D eigenvalue weighted by Gasteiger charge is 2.28. The molecule has 0 aromatic heterocycles. The summed E-state index contributed by atoms with van der Waals surface area (Å²) in [5.41, 5.74) is 2.23. The van der Waals surface area contributed by atoms with Gasteiger partial charge in [0.25, 0.3) is 0 Å². The van der Waals surface area contributed by atoms with Crippen LogP contribution in [0.3, 0.4) is 0 Å². The van der Waals surface area contributed by atoms with Crippen LogP contribution in [0.15, 0.2) is 24.3 Å². The van der Waals surface area contributed by atoms with Crippen LogP contribution in [0.25, 0.3) is 0 Å². The smallest absolute Gasteiger partial charge is 0.244 e. The Labute approximate surface area is 119 Å². The van der Waals surface area contributed by atoms with Crippen molar-refractivity contribution >= 4 is 17.3 Å². The van der Waals surface area contributed by atoms with Gasteiger partial charge in [-0.25, -0.2) is 0 Å². The SMILES string of the molecule is CN1CCC(Nc2ccc(N3CCOCC3)cc2)C1=O. The normalized spacial score (nSPS) is 23.2. The molecular formula is C15H21N3O2. The molecule has 1 aromatic carbocycles. The van der Waals surface area contributed by atoms with Crippen molar-refractivity contribution in [1.29, 1.82) is 0 Å². The second-order valence-electron chi connectivity index (χ2n) is 5.39. The maximum Gasteiger partial charge on any atom is 0.244 e. The summed E-state index contributed by atoms with van der Waals surface area (Å²) in [6.45, 7) is 4.31. The van der Waals surface area contributed by atoms with Crippen LogP contribution in [0.1, 0.15) is 6.42 Å². The molecule has 1 aromatic rings. The number of anilines is 2. The molecule has 20 heavy (non-hydrogen) atoms. The molecule has 0 spiro atoms. The number of amides is 1. The summed E-state index contributed by atoms with van der Waals surface area (Å²) in [6, 6.07) is 8.25. The highest BCUT2D eigenvalue weighted by Crippen LogP contribution is 2.21. The molecule has 2 aliphatic rings. The number of morpholine rings is 1. The van der Waals surface area contributed by atoms with Gasteiger partial charge in [-0.05, 0) is 30.7 Å². The second kappa shape index (κ2) is 5.71. The summed E-state index contributed by atoms with van der Waals surface area (Å²) in [7, 11) is 1.85. The van der Waals surface area contributed by atoms with E-state index in [0.717, 1.165) is 45.0 Å². The van der Waals surface area contributed by atoms with E-state index in [0.29, 0.717) is 0 Å². The number of ether oxygens (including phenoxy) is 1. The van der Waals surface area contributed by atoms with Crippen LogP contribution in [-0.2, 0) is 9.53 Å². The lowest BCUT2D eigenvalue weighted by Gasteiger charge is -2.29. The second-order valence-corrected chi connectivity index (χ2v) is 5.39. The first-order valence-electron chi connectivity index (χ1n) is 7.18. The van der Waals surface area contributed by atoms with E-state index in [4.69, 9.17) is 4.74 Å². The van der Waals surface area contributed by atoms with Crippen LogP contribution < -0.4 is 10.2 Å². The van der Waals surface area contributed by atoms with Gasteiger partial charge in [-0.3, -0.25) is 4.79 Å². The third-order valence-corrected chi connectivity index (χ3v) is 4.01. The topological polar surface area (TPSA) is 44.8 Å². The molecule has 1 N–H and O–H groups in total. The molecule has 0 bridgehead atoms. The molecule has 1 atom stereocenters. The molecule has 2 fully saturated rings. The number of benzene rings is 1. The molecule has 0 aliphatic carbocycles. The lowest BCUT2D eigenvalue weighted by atomic mass is 10.2. The van der Waals surface area contributed by atoms with Crippen LogP contribution >= 0.6 is 0 Å². The van der Waals surface area contributed by atoms with Crippen LogP contribution in [0.5, 0.6) is 0 Å². The number of carbonyl (C=O) groups is 1. The summed E-state index contributed by atoms with van der Waals surface area (Å²) < 4.78 is 5.36. The Kier molecular flexibility index (Phi) is 3.78. The van der Waals surface area contributed by atoms with Gasteiger partial charge in [0.1, 0.15) is 6.04 Å². The van der Waals surface area contributed by atoms with Crippen molar-refractivity contribution in [2.45, 2.75) is 12.5 Å². The van der Waals surface area contributed by atoms with Gasteiger partial charge in [0, 0.05) is 38.1 Å². The predicted molar refractivity (Wildman–Crippen MR) is 79.1 cm³/mol. The Morgan fingerprint density at radius 1 is 1.15 bits per heavy atom. The first kappa shape index (κ1) is 13.2. The largest absolute Gasteiger partial charge is 0.378 e. The van der Waals surface area contributed by atoms with Gasteiger partial charge in [0.2, 0.25) is 5.91 Å². The predicted octanol–water partition coefficient (Wildman–Crippen LogP) is 1.17. The number of likely N-dealkylation sites (tertiary alicyclic amines) is 1. The fraction of sp³-hybridized carbons (Fsp3) is 0.533. The van der Waals surface area contributed by atoms with Gasteiger partial charge in [-0.1, -0.05) is 0 Å². The third kappa shape index (κ3) is 2.72. The Hall–Kier alpha value is -1.75. The average Bonchev–Trinajstić information content (AvgIpc) is 2.81. The minimum atomic E-state index is -0.0748. The van der Waals surface area contributed by atoms with Gasteiger partial charge in [0.15, 0.2) is 0 Å². The number of hydrogen-bond donors (Lipinski definition) is 1. The van der Waals surface area contributed by atoms with Gasteiger partial charge < -0.3 is 19.9 Å². The maximum atomic E-state index is 11.9. The summed E-state index contributed by atoms with van der Waals surface area (Å²) in [5, 5.41) is 3.32. The number of carbonyl (C=O) groups excluding carboxylic acids is 1. The zero-order valence-electron chi connectivity index (χ0n) is 11.8. The van der Waals surface area contributed by atoms with Crippen molar-refractivity contribution in [3.63, 3.8) is 0 Å². The first-order valence-corrected chi connectivity index (χ1v) is 7.18. The first-order chi connectivity index (χ1) is 9.74. The summed E-state index contributed by atoms with van der Waals surface area (Å²) in [6.07, 6.45) is 0.876. The molecule has 0 radical (unpaired) electrons. The Balaban J connectivity index is 1.62. The van der Waals surface area contributed by atoms with Crippen LogP contribution in [0.4, 0.5) is 11.4 Å². The third-order valence-electron chi connectivity index (χ3n) is 4.01. The molecule has 3 rings (SSSR count). The summed E-state index contributed by atoms with van der Waals surface area (Å²) in [4.78, 5) is 16.0. The van der Waals surface area contributed by atoms with E-state index in [1.807, 2.05) is 7.05 Å². The van der Waals surface area contributed by atoms with Crippen LogP contribution in [0, 0.1) is 0 Å². The van der Waals surface area contributed by atoms with Crippen LogP contribution in [0.2, 0.25) is 0 Å². The fourth-order valence-electron chi connectivity index (χ4n) is 2.75. The highest BCUT2D eigenvalue weighted by molar-refractivity contribution is 5.86. The van der Waals surface area contributed by atoms with E-state index in [1.165, 1.54) is 5.69 Å². The van der Waals surface area contributed by atoms with Crippen molar-refractivity contribution in [3.8, 4) is 0 Å². The van der Waals surface area contributed by atoms with E-state index in [9.17, 15) is 4.79 Å². The molecule has 2 aliphatic heterocycles. The van der Waals surface area contributed by atoms with E-state index in [-0.39, 0.29) is 11.9 Å². The number of rotatable bonds is 3. The van der Waals surface area contributed by atoms with E-state index < -0.39 is 0 Å². The number of nitrogens with zero attached hydrogens (tertiary/aromatic N) is 2. The molecule has 5 nitrogen and oxygen atoms in total. The van der Waals surface area contributed by atoms with Crippen molar-refractivity contribution in [2.24, 2.45) is 0 Å². The van der Waals surface area contributed by atoms with Gasteiger partial charge in [-0.2, -0.15) is 0 Å². The monoisotopic (exact) mass is 275 g/mol. The van der Waals surface area contributed by atoms with E-state index in [1.54, 1.807) is 4.90 Å².